The zero-order valence-electron chi connectivity index (χ0n) is 15.9. The second-order valence-electron chi connectivity index (χ2n) is 7.21. The van der Waals surface area contributed by atoms with E-state index in [4.69, 9.17) is 9.73 Å². The van der Waals surface area contributed by atoms with Gasteiger partial charge >= 0.3 is 0 Å². The van der Waals surface area contributed by atoms with Crippen LogP contribution in [0, 0.1) is 0 Å². The predicted molar refractivity (Wildman–Crippen MR) is 117 cm³/mol. The van der Waals surface area contributed by atoms with E-state index >= 15 is 0 Å². The molecule has 1 saturated heterocycles. The fourth-order valence-electron chi connectivity index (χ4n) is 3.75. The van der Waals surface area contributed by atoms with Gasteiger partial charge in [-0.3, -0.25) is 4.79 Å². The first-order chi connectivity index (χ1) is 14.3. The molecule has 3 aromatic rings. The lowest BCUT2D eigenvalue weighted by atomic mass is 10.1. The maximum atomic E-state index is 12.5. The SMILES string of the molecule is O=C(Cc1cccs1)Nc1ccc2c(c1)C(N1CCCC1)=Nc1ccccc1O2. The van der Waals surface area contributed by atoms with E-state index in [-0.39, 0.29) is 5.91 Å². The molecule has 0 radical (unpaired) electrons. The van der Waals surface area contributed by atoms with Crippen LogP contribution in [0.5, 0.6) is 11.5 Å². The zero-order valence-corrected chi connectivity index (χ0v) is 16.7. The molecule has 3 heterocycles. The van der Waals surface area contributed by atoms with Gasteiger partial charge in [-0.05, 0) is 54.6 Å². The number of likely N-dealkylation sites (tertiary alicyclic amines) is 1. The van der Waals surface area contributed by atoms with Gasteiger partial charge in [0.05, 0.1) is 12.0 Å². The molecular weight excluding hydrogens is 382 g/mol. The number of fused-ring (bicyclic) bond motifs is 2. The third kappa shape index (κ3) is 3.76. The van der Waals surface area contributed by atoms with E-state index in [0.717, 1.165) is 65.1 Å². The van der Waals surface area contributed by atoms with Gasteiger partial charge in [0.1, 0.15) is 17.3 Å². The van der Waals surface area contributed by atoms with Crippen molar-refractivity contribution < 1.29 is 9.53 Å². The summed E-state index contributed by atoms with van der Waals surface area (Å²) >= 11 is 1.59. The van der Waals surface area contributed by atoms with Crippen molar-refractivity contribution in [3.63, 3.8) is 0 Å². The minimum atomic E-state index is -0.0233. The molecule has 0 bridgehead atoms. The van der Waals surface area contributed by atoms with Gasteiger partial charge in [0.15, 0.2) is 5.75 Å². The highest BCUT2D eigenvalue weighted by atomic mass is 32.1. The number of anilines is 1. The number of ether oxygens (including phenoxy) is 1. The van der Waals surface area contributed by atoms with Crippen molar-refractivity contribution in [3.05, 3.63) is 70.4 Å². The molecule has 0 unspecified atom stereocenters. The van der Waals surface area contributed by atoms with E-state index in [1.165, 1.54) is 0 Å². The largest absolute Gasteiger partial charge is 0.454 e. The molecule has 0 atom stereocenters. The van der Waals surface area contributed by atoms with Crippen LogP contribution in [-0.4, -0.2) is 29.7 Å². The van der Waals surface area contributed by atoms with Crippen molar-refractivity contribution in [2.75, 3.05) is 18.4 Å². The van der Waals surface area contributed by atoms with Crippen LogP contribution in [0.2, 0.25) is 0 Å². The molecule has 2 aliphatic rings. The molecular formula is C23H21N3O2S. The standard InChI is InChI=1S/C23H21N3O2S/c27-22(15-17-6-5-13-29-17)24-16-9-10-20-18(14-16)23(26-11-3-4-12-26)25-19-7-1-2-8-21(19)28-20/h1-2,5-10,13-14H,3-4,11-12,15H2,(H,24,27). The summed E-state index contributed by atoms with van der Waals surface area (Å²) < 4.78 is 6.19. The maximum Gasteiger partial charge on any atom is 0.229 e. The van der Waals surface area contributed by atoms with Crippen molar-refractivity contribution in [3.8, 4) is 11.5 Å². The second-order valence-corrected chi connectivity index (χ2v) is 8.25. The molecule has 2 aromatic carbocycles. The third-order valence-corrected chi connectivity index (χ3v) is 6.01. The lowest BCUT2D eigenvalue weighted by Crippen LogP contribution is -2.28. The fraction of sp³-hybridized carbons (Fsp3) is 0.217. The van der Waals surface area contributed by atoms with Gasteiger partial charge in [-0.2, -0.15) is 0 Å². The topological polar surface area (TPSA) is 53.9 Å². The first-order valence-corrected chi connectivity index (χ1v) is 10.7. The van der Waals surface area contributed by atoms with Crippen molar-refractivity contribution >= 4 is 34.5 Å². The highest BCUT2D eigenvalue weighted by Gasteiger charge is 2.25. The fourth-order valence-corrected chi connectivity index (χ4v) is 4.45. The summed E-state index contributed by atoms with van der Waals surface area (Å²) in [6.07, 6.45) is 2.70. The van der Waals surface area contributed by atoms with Crippen LogP contribution in [0.1, 0.15) is 23.3 Å². The average molecular weight is 404 g/mol. The number of nitrogens with zero attached hydrogens (tertiary/aromatic N) is 2. The maximum absolute atomic E-state index is 12.5. The van der Waals surface area contributed by atoms with E-state index in [1.54, 1.807) is 11.3 Å². The number of rotatable bonds is 3. The molecule has 0 aliphatic carbocycles. The Labute approximate surface area is 173 Å². The van der Waals surface area contributed by atoms with Gasteiger partial charge in [-0.1, -0.05) is 18.2 Å². The van der Waals surface area contributed by atoms with E-state index in [0.29, 0.717) is 6.42 Å². The smallest absolute Gasteiger partial charge is 0.229 e. The van der Waals surface area contributed by atoms with E-state index in [1.807, 2.05) is 60.0 Å². The monoisotopic (exact) mass is 403 g/mol. The number of aliphatic imine (C=N–C) groups is 1. The molecule has 0 spiro atoms. The summed E-state index contributed by atoms with van der Waals surface area (Å²) in [4.78, 5) is 20.8. The normalized spacial score (nSPS) is 15.0. The number of amidine groups is 1. The van der Waals surface area contributed by atoms with Crippen molar-refractivity contribution in [1.82, 2.24) is 4.90 Å². The number of hydrogen-bond donors (Lipinski definition) is 1. The van der Waals surface area contributed by atoms with Crippen LogP contribution < -0.4 is 10.1 Å². The predicted octanol–water partition coefficient (Wildman–Crippen LogP) is 5.21. The average Bonchev–Trinajstić information content (AvgIpc) is 3.40. The van der Waals surface area contributed by atoms with E-state index < -0.39 is 0 Å². The lowest BCUT2D eigenvalue weighted by molar-refractivity contribution is -0.115. The first kappa shape index (κ1) is 17.9. The molecule has 1 aromatic heterocycles. The number of hydrogen-bond acceptors (Lipinski definition) is 5. The van der Waals surface area contributed by atoms with Crippen LogP contribution in [-0.2, 0) is 11.2 Å². The first-order valence-electron chi connectivity index (χ1n) is 9.83. The molecule has 5 nitrogen and oxygen atoms in total. The van der Waals surface area contributed by atoms with Crippen molar-refractivity contribution in [1.29, 1.82) is 0 Å². The number of carbonyl (C=O) groups is 1. The Balaban J connectivity index is 1.49. The van der Waals surface area contributed by atoms with E-state index in [2.05, 4.69) is 10.2 Å². The second kappa shape index (κ2) is 7.72. The molecule has 1 fully saturated rings. The molecule has 6 heteroatoms. The van der Waals surface area contributed by atoms with Crippen LogP contribution in [0.25, 0.3) is 0 Å². The van der Waals surface area contributed by atoms with Gasteiger partial charge in [0.2, 0.25) is 5.91 Å². The Morgan fingerprint density at radius 2 is 1.93 bits per heavy atom. The van der Waals surface area contributed by atoms with Crippen molar-refractivity contribution in [2.45, 2.75) is 19.3 Å². The Hall–Kier alpha value is -3.12. The number of para-hydroxylation sites is 2. The molecule has 146 valence electrons. The minimum Gasteiger partial charge on any atom is -0.454 e. The molecule has 1 N–H and O–H groups in total. The number of carbonyl (C=O) groups excluding carboxylic acids is 1. The molecule has 1 amide bonds. The van der Waals surface area contributed by atoms with Gasteiger partial charge < -0.3 is 15.0 Å². The van der Waals surface area contributed by atoms with Crippen molar-refractivity contribution in [2.24, 2.45) is 4.99 Å². The van der Waals surface area contributed by atoms with Crippen LogP contribution in [0.4, 0.5) is 11.4 Å². The molecule has 29 heavy (non-hydrogen) atoms. The lowest BCUT2D eigenvalue weighted by Gasteiger charge is -2.21. The molecule has 5 rings (SSSR count). The van der Waals surface area contributed by atoms with E-state index in [9.17, 15) is 4.79 Å². The number of amides is 1. The highest BCUT2D eigenvalue weighted by molar-refractivity contribution is 7.10. The summed E-state index contributed by atoms with van der Waals surface area (Å²) in [6, 6.07) is 17.6. The number of benzene rings is 2. The van der Waals surface area contributed by atoms with Gasteiger partial charge in [0, 0.05) is 23.7 Å². The summed E-state index contributed by atoms with van der Waals surface area (Å²) in [6.45, 7) is 1.96. The quantitative estimate of drug-likeness (QED) is 0.653. The molecule has 0 saturated carbocycles. The zero-order chi connectivity index (χ0) is 19.6. The Bertz CT molecular complexity index is 1070. The van der Waals surface area contributed by atoms with Gasteiger partial charge in [-0.25, -0.2) is 4.99 Å². The summed E-state index contributed by atoms with van der Waals surface area (Å²) in [7, 11) is 0. The number of thiophene rings is 1. The van der Waals surface area contributed by atoms with Gasteiger partial charge in [-0.15, -0.1) is 11.3 Å². The Kier molecular flexibility index (Phi) is 4.77. The molecule has 2 aliphatic heterocycles. The summed E-state index contributed by atoms with van der Waals surface area (Å²) in [5.74, 6) is 2.40. The number of nitrogens with one attached hydrogen (secondary N) is 1. The summed E-state index contributed by atoms with van der Waals surface area (Å²) in [5.41, 5.74) is 2.50. The Morgan fingerprint density at radius 1 is 1.07 bits per heavy atom. The summed E-state index contributed by atoms with van der Waals surface area (Å²) in [5, 5.41) is 5.01. The minimum absolute atomic E-state index is 0.0233. The van der Waals surface area contributed by atoms with Gasteiger partial charge in [0.25, 0.3) is 0 Å². The third-order valence-electron chi connectivity index (χ3n) is 5.14. The van der Waals surface area contributed by atoms with Crippen LogP contribution in [0.15, 0.2) is 65.0 Å². The Morgan fingerprint density at radius 3 is 2.76 bits per heavy atom. The van der Waals surface area contributed by atoms with Crippen LogP contribution >= 0.6 is 11.3 Å². The highest BCUT2D eigenvalue weighted by Crippen LogP contribution is 2.39. The van der Waals surface area contributed by atoms with Crippen LogP contribution in [0.3, 0.4) is 0 Å².